The highest BCUT2D eigenvalue weighted by atomic mass is 16.7. The van der Waals surface area contributed by atoms with Crippen molar-refractivity contribution in [2.45, 2.75) is 19.4 Å². The topological polar surface area (TPSA) is 76.1 Å². The Morgan fingerprint density at radius 1 is 1.35 bits per heavy atom. The maximum atomic E-state index is 11.8. The smallest absolute Gasteiger partial charge is 0.232 e. The SMILES string of the molecule is CC1CC(=O)N(CC(O)c2ccc3c(c2)OCO3)C1=O. The molecule has 0 radical (unpaired) electrons. The average Bonchev–Trinajstić information content (AvgIpc) is 2.98. The number of fused-ring (bicyclic) bond motifs is 1. The van der Waals surface area contributed by atoms with Crippen molar-refractivity contribution in [3.63, 3.8) is 0 Å². The van der Waals surface area contributed by atoms with Crippen LogP contribution in [-0.4, -0.2) is 35.2 Å². The number of amides is 2. The van der Waals surface area contributed by atoms with Gasteiger partial charge in [0.1, 0.15) is 0 Å². The van der Waals surface area contributed by atoms with Gasteiger partial charge in [0.15, 0.2) is 11.5 Å². The minimum Gasteiger partial charge on any atom is -0.454 e. The number of hydrogen-bond acceptors (Lipinski definition) is 5. The Balaban J connectivity index is 1.75. The number of nitrogens with zero attached hydrogens (tertiary/aromatic N) is 1. The molecule has 0 aliphatic carbocycles. The average molecular weight is 277 g/mol. The summed E-state index contributed by atoms with van der Waals surface area (Å²) in [4.78, 5) is 24.6. The zero-order chi connectivity index (χ0) is 14.3. The van der Waals surface area contributed by atoms with Gasteiger partial charge >= 0.3 is 0 Å². The fourth-order valence-electron chi connectivity index (χ4n) is 2.44. The minimum atomic E-state index is -0.928. The highest BCUT2D eigenvalue weighted by Crippen LogP contribution is 2.34. The van der Waals surface area contributed by atoms with Gasteiger partial charge < -0.3 is 14.6 Å². The Hall–Kier alpha value is -2.08. The molecule has 106 valence electrons. The number of aliphatic hydroxyl groups excluding tert-OH is 1. The molecule has 20 heavy (non-hydrogen) atoms. The van der Waals surface area contributed by atoms with E-state index in [0.717, 1.165) is 4.90 Å². The number of carbonyl (C=O) groups is 2. The summed E-state index contributed by atoms with van der Waals surface area (Å²) in [5.41, 5.74) is 0.592. The van der Waals surface area contributed by atoms with Crippen molar-refractivity contribution >= 4 is 11.8 Å². The number of ether oxygens (including phenoxy) is 2. The highest BCUT2D eigenvalue weighted by molar-refractivity contribution is 6.03. The highest BCUT2D eigenvalue weighted by Gasteiger charge is 2.36. The molecule has 2 aliphatic rings. The number of imide groups is 1. The van der Waals surface area contributed by atoms with Gasteiger partial charge in [0.2, 0.25) is 18.6 Å². The summed E-state index contributed by atoms with van der Waals surface area (Å²) in [6.45, 7) is 1.85. The number of hydrogen-bond donors (Lipinski definition) is 1. The normalized spacial score (nSPS) is 22.5. The molecule has 0 spiro atoms. The van der Waals surface area contributed by atoms with Crippen molar-refractivity contribution in [3.05, 3.63) is 23.8 Å². The monoisotopic (exact) mass is 277 g/mol. The van der Waals surface area contributed by atoms with Gasteiger partial charge in [0.05, 0.1) is 12.6 Å². The second-order valence-electron chi connectivity index (χ2n) is 5.08. The summed E-state index contributed by atoms with van der Waals surface area (Å²) in [6.07, 6.45) is -0.713. The summed E-state index contributed by atoms with van der Waals surface area (Å²) < 4.78 is 10.4. The standard InChI is InChI=1S/C14H15NO5/c1-8-4-13(17)15(14(8)18)6-10(16)9-2-3-11-12(5-9)20-7-19-11/h2-3,5,8,10,16H,4,6-7H2,1H3. The molecule has 2 atom stereocenters. The fourth-order valence-corrected chi connectivity index (χ4v) is 2.44. The molecular formula is C14H15NO5. The number of benzene rings is 1. The molecule has 2 heterocycles. The van der Waals surface area contributed by atoms with E-state index in [2.05, 4.69) is 0 Å². The molecule has 1 aromatic rings. The van der Waals surface area contributed by atoms with Crippen LogP contribution in [0, 0.1) is 5.92 Å². The van der Waals surface area contributed by atoms with E-state index in [0.29, 0.717) is 17.1 Å². The number of aliphatic hydroxyl groups is 1. The molecule has 6 heteroatoms. The molecule has 2 amide bonds. The van der Waals surface area contributed by atoms with E-state index >= 15 is 0 Å². The molecule has 0 aromatic heterocycles. The lowest BCUT2D eigenvalue weighted by atomic mass is 10.1. The third kappa shape index (κ3) is 2.12. The van der Waals surface area contributed by atoms with Gasteiger partial charge in [-0.25, -0.2) is 0 Å². The summed E-state index contributed by atoms with van der Waals surface area (Å²) in [5.74, 6) is 0.431. The molecule has 1 fully saturated rings. The summed E-state index contributed by atoms with van der Waals surface area (Å²) in [5, 5.41) is 10.2. The number of likely N-dealkylation sites (tertiary alicyclic amines) is 1. The first-order chi connectivity index (χ1) is 9.56. The molecule has 2 aliphatic heterocycles. The van der Waals surface area contributed by atoms with E-state index in [1.165, 1.54) is 0 Å². The van der Waals surface area contributed by atoms with Crippen LogP contribution in [0.4, 0.5) is 0 Å². The quantitative estimate of drug-likeness (QED) is 0.829. The van der Waals surface area contributed by atoms with Crippen LogP contribution < -0.4 is 9.47 Å². The zero-order valence-corrected chi connectivity index (χ0v) is 11.0. The van der Waals surface area contributed by atoms with Crippen molar-refractivity contribution in [1.82, 2.24) is 4.90 Å². The summed E-state index contributed by atoms with van der Waals surface area (Å²) in [6, 6.07) is 5.07. The van der Waals surface area contributed by atoms with Crippen LogP contribution in [0.3, 0.4) is 0 Å². The Bertz CT molecular complexity index is 571. The lowest BCUT2D eigenvalue weighted by molar-refractivity contribution is -0.140. The first-order valence-corrected chi connectivity index (χ1v) is 6.48. The van der Waals surface area contributed by atoms with Crippen molar-refractivity contribution in [2.75, 3.05) is 13.3 Å². The van der Waals surface area contributed by atoms with Crippen LogP contribution in [0.15, 0.2) is 18.2 Å². The van der Waals surface area contributed by atoms with Crippen LogP contribution in [0.1, 0.15) is 25.0 Å². The van der Waals surface area contributed by atoms with Crippen LogP contribution in [0.2, 0.25) is 0 Å². The molecule has 0 saturated carbocycles. The number of carbonyl (C=O) groups excluding carboxylic acids is 2. The van der Waals surface area contributed by atoms with E-state index < -0.39 is 6.10 Å². The first kappa shape index (κ1) is 12.9. The molecule has 0 bridgehead atoms. The van der Waals surface area contributed by atoms with E-state index in [9.17, 15) is 14.7 Å². The predicted molar refractivity (Wildman–Crippen MR) is 68.0 cm³/mol. The lowest BCUT2D eigenvalue weighted by Gasteiger charge is -2.19. The van der Waals surface area contributed by atoms with Gasteiger partial charge in [-0.2, -0.15) is 0 Å². The van der Waals surface area contributed by atoms with Crippen molar-refractivity contribution in [3.8, 4) is 11.5 Å². The Morgan fingerprint density at radius 3 is 2.80 bits per heavy atom. The summed E-state index contributed by atoms with van der Waals surface area (Å²) >= 11 is 0. The van der Waals surface area contributed by atoms with E-state index in [1.54, 1.807) is 25.1 Å². The van der Waals surface area contributed by atoms with E-state index in [1.807, 2.05) is 0 Å². The van der Waals surface area contributed by atoms with Crippen molar-refractivity contribution in [2.24, 2.45) is 5.92 Å². The van der Waals surface area contributed by atoms with Crippen LogP contribution >= 0.6 is 0 Å². The van der Waals surface area contributed by atoms with Crippen LogP contribution in [0.5, 0.6) is 11.5 Å². The van der Waals surface area contributed by atoms with Gasteiger partial charge in [0.25, 0.3) is 0 Å². The van der Waals surface area contributed by atoms with Crippen molar-refractivity contribution in [1.29, 1.82) is 0 Å². The van der Waals surface area contributed by atoms with Gasteiger partial charge in [-0.15, -0.1) is 0 Å². The van der Waals surface area contributed by atoms with Crippen molar-refractivity contribution < 1.29 is 24.2 Å². The molecule has 1 aromatic carbocycles. The second kappa shape index (κ2) is 4.79. The Labute approximate surface area is 115 Å². The summed E-state index contributed by atoms with van der Waals surface area (Å²) in [7, 11) is 0. The van der Waals surface area contributed by atoms with Gasteiger partial charge in [-0.1, -0.05) is 13.0 Å². The largest absolute Gasteiger partial charge is 0.454 e. The third-order valence-corrected chi connectivity index (χ3v) is 3.61. The van der Waals surface area contributed by atoms with Crippen LogP contribution in [-0.2, 0) is 9.59 Å². The first-order valence-electron chi connectivity index (χ1n) is 6.48. The molecule has 1 saturated heterocycles. The number of β-amino-alcohol motifs (C(OH)–C–C–N with tert-alkyl or cyclic N) is 1. The predicted octanol–water partition coefficient (Wildman–Crippen LogP) is 0.844. The molecule has 2 unspecified atom stereocenters. The fraction of sp³-hybridized carbons (Fsp3) is 0.429. The lowest BCUT2D eigenvalue weighted by Crippen LogP contribution is -2.34. The zero-order valence-electron chi connectivity index (χ0n) is 11.0. The maximum absolute atomic E-state index is 11.8. The third-order valence-electron chi connectivity index (χ3n) is 3.61. The Kier molecular flexibility index (Phi) is 3.10. The van der Waals surface area contributed by atoms with E-state index in [-0.39, 0.29) is 37.5 Å². The minimum absolute atomic E-state index is 0.0261. The van der Waals surface area contributed by atoms with Crippen LogP contribution in [0.25, 0.3) is 0 Å². The number of rotatable bonds is 3. The van der Waals surface area contributed by atoms with Gasteiger partial charge in [-0.3, -0.25) is 14.5 Å². The van der Waals surface area contributed by atoms with Gasteiger partial charge in [-0.05, 0) is 17.7 Å². The van der Waals surface area contributed by atoms with E-state index in [4.69, 9.17) is 9.47 Å². The maximum Gasteiger partial charge on any atom is 0.232 e. The molecule has 6 nitrogen and oxygen atoms in total. The molecule has 3 rings (SSSR count). The Morgan fingerprint density at radius 2 is 2.10 bits per heavy atom. The second-order valence-corrected chi connectivity index (χ2v) is 5.08. The van der Waals surface area contributed by atoms with Gasteiger partial charge in [0, 0.05) is 12.3 Å². The molecular weight excluding hydrogens is 262 g/mol. The molecule has 1 N–H and O–H groups in total.